The number of carbonyl (C=O) groups excluding carboxylic acids is 1. The lowest BCUT2D eigenvalue weighted by molar-refractivity contribution is 0.0606. The fourth-order valence-electron chi connectivity index (χ4n) is 4.02. The molecule has 2 aliphatic rings. The Bertz CT molecular complexity index is 576. The van der Waals surface area contributed by atoms with Crippen LogP contribution < -0.4 is 9.47 Å². The normalized spacial score (nSPS) is 19.7. The van der Waals surface area contributed by atoms with Crippen molar-refractivity contribution in [3.63, 3.8) is 0 Å². The van der Waals surface area contributed by atoms with Crippen molar-refractivity contribution in [2.24, 2.45) is 5.92 Å². The number of amides is 1. The standard InChI is InChI=1S/C20H30N2O3/c1-24-18-9-8-17(14-19(18)25-2)20(23)22-12-10-21(11-13-22)15-16-6-4-3-5-7-16/h8-9,14,16H,3-7,10-13,15H2,1-2H3. The molecular weight excluding hydrogens is 316 g/mol. The highest BCUT2D eigenvalue weighted by Crippen LogP contribution is 2.28. The molecule has 2 fully saturated rings. The Morgan fingerprint density at radius 1 is 1.00 bits per heavy atom. The van der Waals surface area contributed by atoms with Crippen molar-refractivity contribution in [3.05, 3.63) is 23.8 Å². The van der Waals surface area contributed by atoms with Crippen LogP contribution in [0.15, 0.2) is 18.2 Å². The van der Waals surface area contributed by atoms with E-state index in [1.54, 1.807) is 26.4 Å². The number of ether oxygens (including phenoxy) is 2. The fraction of sp³-hybridized carbons (Fsp3) is 0.650. The summed E-state index contributed by atoms with van der Waals surface area (Å²) in [6, 6.07) is 5.39. The third-order valence-corrected chi connectivity index (χ3v) is 5.53. The lowest BCUT2D eigenvalue weighted by atomic mass is 9.89. The summed E-state index contributed by atoms with van der Waals surface area (Å²) in [5.74, 6) is 2.20. The van der Waals surface area contributed by atoms with Crippen LogP contribution in [0.3, 0.4) is 0 Å². The topological polar surface area (TPSA) is 42.0 Å². The van der Waals surface area contributed by atoms with Gasteiger partial charge in [0.25, 0.3) is 5.91 Å². The SMILES string of the molecule is COc1ccc(C(=O)N2CCN(CC3CCCCC3)CC2)cc1OC. The lowest BCUT2D eigenvalue weighted by Gasteiger charge is -2.37. The Morgan fingerprint density at radius 3 is 2.32 bits per heavy atom. The van der Waals surface area contributed by atoms with Gasteiger partial charge in [-0.2, -0.15) is 0 Å². The number of carbonyl (C=O) groups is 1. The van der Waals surface area contributed by atoms with E-state index in [9.17, 15) is 4.79 Å². The van der Waals surface area contributed by atoms with Crippen LogP contribution in [0, 0.1) is 5.92 Å². The molecule has 0 unspecified atom stereocenters. The second-order valence-corrected chi connectivity index (χ2v) is 7.17. The Hall–Kier alpha value is -1.75. The monoisotopic (exact) mass is 346 g/mol. The molecule has 138 valence electrons. The van der Waals surface area contributed by atoms with Gasteiger partial charge in [-0.3, -0.25) is 9.69 Å². The highest BCUT2D eigenvalue weighted by atomic mass is 16.5. The smallest absolute Gasteiger partial charge is 0.254 e. The molecule has 25 heavy (non-hydrogen) atoms. The highest BCUT2D eigenvalue weighted by molar-refractivity contribution is 5.95. The summed E-state index contributed by atoms with van der Waals surface area (Å²) < 4.78 is 10.6. The number of methoxy groups -OCH3 is 2. The van der Waals surface area contributed by atoms with Crippen molar-refractivity contribution in [1.29, 1.82) is 0 Å². The maximum atomic E-state index is 12.8. The van der Waals surface area contributed by atoms with Gasteiger partial charge in [0.15, 0.2) is 11.5 Å². The molecule has 0 atom stereocenters. The number of hydrogen-bond acceptors (Lipinski definition) is 4. The minimum Gasteiger partial charge on any atom is -0.493 e. The molecule has 1 saturated carbocycles. The molecule has 1 heterocycles. The summed E-state index contributed by atoms with van der Waals surface area (Å²) in [4.78, 5) is 17.3. The second kappa shape index (κ2) is 8.56. The molecule has 0 aromatic heterocycles. The Morgan fingerprint density at radius 2 is 1.68 bits per heavy atom. The largest absolute Gasteiger partial charge is 0.493 e. The van der Waals surface area contributed by atoms with E-state index in [0.29, 0.717) is 17.1 Å². The molecule has 5 heteroatoms. The van der Waals surface area contributed by atoms with Crippen LogP contribution in [0.1, 0.15) is 42.5 Å². The van der Waals surface area contributed by atoms with Crippen molar-refractivity contribution in [2.75, 3.05) is 46.9 Å². The summed E-state index contributed by atoms with van der Waals surface area (Å²) in [6.07, 6.45) is 6.95. The minimum atomic E-state index is 0.0817. The van der Waals surface area contributed by atoms with Gasteiger partial charge >= 0.3 is 0 Å². The molecule has 0 radical (unpaired) electrons. The molecule has 1 aliphatic heterocycles. The first-order valence-electron chi connectivity index (χ1n) is 9.45. The molecule has 0 N–H and O–H groups in total. The van der Waals surface area contributed by atoms with Crippen LogP contribution in [0.5, 0.6) is 11.5 Å². The van der Waals surface area contributed by atoms with Gasteiger partial charge in [-0.25, -0.2) is 0 Å². The first-order valence-corrected chi connectivity index (χ1v) is 9.45. The van der Waals surface area contributed by atoms with Crippen LogP contribution in [0.4, 0.5) is 0 Å². The number of hydrogen-bond donors (Lipinski definition) is 0. The predicted octanol–water partition coefficient (Wildman–Crippen LogP) is 3.04. The molecule has 1 amide bonds. The molecule has 5 nitrogen and oxygen atoms in total. The van der Waals surface area contributed by atoms with Crippen molar-refractivity contribution in [1.82, 2.24) is 9.80 Å². The van der Waals surface area contributed by atoms with Crippen LogP contribution in [-0.4, -0.2) is 62.7 Å². The van der Waals surface area contributed by atoms with Gasteiger partial charge in [0.1, 0.15) is 0 Å². The second-order valence-electron chi connectivity index (χ2n) is 7.17. The van der Waals surface area contributed by atoms with Crippen molar-refractivity contribution >= 4 is 5.91 Å². The van der Waals surface area contributed by atoms with E-state index in [0.717, 1.165) is 32.1 Å². The fourth-order valence-corrected chi connectivity index (χ4v) is 4.02. The summed E-state index contributed by atoms with van der Waals surface area (Å²) in [5.41, 5.74) is 0.665. The Labute approximate surface area is 150 Å². The third kappa shape index (κ3) is 4.46. The number of benzene rings is 1. The molecule has 1 aromatic carbocycles. The number of rotatable bonds is 5. The van der Waals surface area contributed by atoms with Gasteiger partial charge in [-0.1, -0.05) is 19.3 Å². The van der Waals surface area contributed by atoms with E-state index in [1.807, 2.05) is 11.0 Å². The van der Waals surface area contributed by atoms with Crippen molar-refractivity contribution in [2.45, 2.75) is 32.1 Å². The third-order valence-electron chi connectivity index (χ3n) is 5.53. The van der Waals surface area contributed by atoms with Gasteiger partial charge in [-0.15, -0.1) is 0 Å². The molecule has 0 bridgehead atoms. The van der Waals surface area contributed by atoms with E-state index in [4.69, 9.17) is 9.47 Å². The first-order chi connectivity index (χ1) is 12.2. The highest BCUT2D eigenvalue weighted by Gasteiger charge is 2.25. The average Bonchev–Trinajstić information content (AvgIpc) is 2.68. The summed E-state index contributed by atoms with van der Waals surface area (Å²) in [5, 5.41) is 0. The zero-order valence-corrected chi connectivity index (χ0v) is 15.5. The van der Waals surface area contributed by atoms with Crippen LogP contribution in [0.2, 0.25) is 0 Å². The van der Waals surface area contributed by atoms with E-state index in [2.05, 4.69) is 4.90 Å². The molecule has 1 aromatic rings. The Balaban J connectivity index is 1.54. The van der Waals surface area contributed by atoms with Crippen molar-refractivity contribution in [3.8, 4) is 11.5 Å². The summed E-state index contributed by atoms with van der Waals surface area (Å²) >= 11 is 0. The quantitative estimate of drug-likeness (QED) is 0.822. The summed E-state index contributed by atoms with van der Waals surface area (Å²) in [7, 11) is 3.20. The molecule has 1 saturated heterocycles. The summed E-state index contributed by atoms with van der Waals surface area (Å²) in [6.45, 7) is 4.78. The van der Waals surface area contributed by atoms with Gasteiger partial charge in [0.05, 0.1) is 14.2 Å². The predicted molar refractivity (Wildman–Crippen MR) is 98.5 cm³/mol. The zero-order valence-electron chi connectivity index (χ0n) is 15.5. The van der Waals surface area contributed by atoms with Crippen LogP contribution in [-0.2, 0) is 0 Å². The van der Waals surface area contributed by atoms with E-state index in [-0.39, 0.29) is 5.91 Å². The maximum Gasteiger partial charge on any atom is 0.254 e. The van der Waals surface area contributed by atoms with E-state index < -0.39 is 0 Å². The van der Waals surface area contributed by atoms with E-state index >= 15 is 0 Å². The molecule has 1 aliphatic carbocycles. The zero-order chi connectivity index (χ0) is 17.6. The van der Waals surface area contributed by atoms with Gasteiger partial charge in [0.2, 0.25) is 0 Å². The molecule has 3 rings (SSSR count). The minimum absolute atomic E-state index is 0.0817. The molecular formula is C20H30N2O3. The van der Waals surface area contributed by atoms with Gasteiger partial charge < -0.3 is 14.4 Å². The first kappa shape index (κ1) is 18.1. The van der Waals surface area contributed by atoms with Crippen LogP contribution >= 0.6 is 0 Å². The van der Waals surface area contributed by atoms with Crippen LogP contribution in [0.25, 0.3) is 0 Å². The van der Waals surface area contributed by atoms with Crippen molar-refractivity contribution < 1.29 is 14.3 Å². The Kier molecular flexibility index (Phi) is 6.19. The molecule has 0 spiro atoms. The van der Waals surface area contributed by atoms with Gasteiger partial charge in [0, 0.05) is 38.3 Å². The maximum absolute atomic E-state index is 12.8. The number of nitrogens with zero attached hydrogens (tertiary/aromatic N) is 2. The van der Waals surface area contributed by atoms with E-state index in [1.165, 1.54) is 38.6 Å². The number of piperazine rings is 1. The lowest BCUT2D eigenvalue weighted by Crippen LogP contribution is -2.49. The average molecular weight is 346 g/mol. The van der Waals surface area contributed by atoms with Gasteiger partial charge in [-0.05, 0) is 37.0 Å².